The van der Waals surface area contributed by atoms with Gasteiger partial charge in [0.05, 0.1) is 6.54 Å². The molecule has 0 spiro atoms. The maximum Gasteiger partial charge on any atom is 0.248 e. The number of amides is 1. The van der Waals surface area contributed by atoms with Crippen molar-refractivity contribution in [2.24, 2.45) is 11.7 Å². The zero-order valence-corrected chi connectivity index (χ0v) is 17.8. The number of nitrogens with two attached hydrogens (primary N) is 1. The average molecular weight is 413 g/mol. The number of unbranched alkanes of at least 4 members (excludes halogenated alkanes) is 1. The van der Waals surface area contributed by atoms with Crippen molar-refractivity contribution in [3.63, 3.8) is 0 Å². The maximum absolute atomic E-state index is 11.5. The molecule has 0 saturated carbocycles. The Kier molecular flexibility index (Phi) is 7.92. The number of anilines is 3. The van der Waals surface area contributed by atoms with E-state index in [-0.39, 0.29) is 0 Å². The number of primary amides is 1. The van der Waals surface area contributed by atoms with Crippen LogP contribution in [-0.2, 0) is 6.54 Å². The number of hydrogen-bond donors (Lipinski definition) is 5. The van der Waals surface area contributed by atoms with Gasteiger partial charge in [-0.25, -0.2) is 0 Å². The van der Waals surface area contributed by atoms with Crippen molar-refractivity contribution in [1.82, 2.24) is 25.6 Å². The zero-order valence-electron chi connectivity index (χ0n) is 17.8. The molecular weight excluding hydrogens is 380 g/mol. The predicted octanol–water partition coefficient (Wildman–Crippen LogP) is 1.93. The highest BCUT2D eigenvalue weighted by Crippen LogP contribution is 2.20. The van der Waals surface area contributed by atoms with Gasteiger partial charge in [-0.05, 0) is 63.0 Å². The van der Waals surface area contributed by atoms with Crippen LogP contribution >= 0.6 is 0 Å². The van der Waals surface area contributed by atoms with E-state index in [0.717, 1.165) is 50.3 Å². The summed E-state index contributed by atoms with van der Waals surface area (Å²) in [7, 11) is 0. The number of carbonyl (C=O) groups excluding carboxylic acids is 1. The molecule has 1 atom stereocenters. The van der Waals surface area contributed by atoms with E-state index in [1.807, 2.05) is 13.0 Å². The topological polar surface area (TPSA) is 130 Å². The number of carbonyl (C=O) groups is 1. The van der Waals surface area contributed by atoms with Gasteiger partial charge in [-0.15, -0.1) is 0 Å². The van der Waals surface area contributed by atoms with E-state index in [0.29, 0.717) is 35.7 Å². The lowest BCUT2D eigenvalue weighted by molar-refractivity contribution is 0.100. The Balaban J connectivity index is 1.75. The van der Waals surface area contributed by atoms with Gasteiger partial charge >= 0.3 is 0 Å². The molecule has 0 radical (unpaired) electrons. The highest BCUT2D eigenvalue weighted by atomic mass is 16.1. The average Bonchev–Trinajstić information content (AvgIpc) is 3.23. The van der Waals surface area contributed by atoms with Crippen molar-refractivity contribution in [1.29, 1.82) is 0 Å². The van der Waals surface area contributed by atoms with Gasteiger partial charge in [0, 0.05) is 17.8 Å². The number of nitrogens with zero attached hydrogens (tertiary/aromatic N) is 3. The van der Waals surface area contributed by atoms with Crippen LogP contribution in [0.25, 0.3) is 0 Å². The first-order valence-corrected chi connectivity index (χ1v) is 10.6. The Morgan fingerprint density at radius 2 is 2.10 bits per heavy atom. The molecule has 162 valence electrons. The van der Waals surface area contributed by atoms with Gasteiger partial charge in [-0.1, -0.05) is 19.4 Å². The van der Waals surface area contributed by atoms with Crippen LogP contribution in [0.15, 0.2) is 18.2 Å². The van der Waals surface area contributed by atoms with Gasteiger partial charge in [0.2, 0.25) is 17.8 Å². The second-order valence-corrected chi connectivity index (χ2v) is 7.69. The highest BCUT2D eigenvalue weighted by molar-refractivity contribution is 5.94. The zero-order chi connectivity index (χ0) is 21.3. The molecule has 30 heavy (non-hydrogen) atoms. The van der Waals surface area contributed by atoms with Crippen molar-refractivity contribution < 1.29 is 4.79 Å². The fourth-order valence-corrected chi connectivity index (χ4v) is 3.32. The van der Waals surface area contributed by atoms with E-state index < -0.39 is 5.91 Å². The van der Waals surface area contributed by atoms with E-state index in [9.17, 15) is 4.79 Å². The Labute approximate surface area is 177 Å². The summed E-state index contributed by atoms with van der Waals surface area (Å²) in [5.74, 6) is 1.82. The van der Waals surface area contributed by atoms with Crippen LogP contribution in [0.3, 0.4) is 0 Å². The smallest absolute Gasteiger partial charge is 0.248 e. The summed E-state index contributed by atoms with van der Waals surface area (Å²) in [6, 6.07) is 5.28. The van der Waals surface area contributed by atoms with Gasteiger partial charge in [-0.3, -0.25) is 4.79 Å². The SMILES string of the molecule is CCCCNc1nc(CNC[C@@H]2CCNC2)nc(Nc2cc(C(N)=O)ccc2C)n1. The molecule has 1 fully saturated rings. The Morgan fingerprint density at radius 1 is 1.27 bits per heavy atom. The van der Waals surface area contributed by atoms with Crippen molar-refractivity contribution >= 4 is 23.5 Å². The first-order chi connectivity index (χ1) is 14.5. The predicted molar refractivity (Wildman–Crippen MR) is 119 cm³/mol. The van der Waals surface area contributed by atoms with Crippen molar-refractivity contribution in [3.05, 3.63) is 35.2 Å². The van der Waals surface area contributed by atoms with Crippen molar-refractivity contribution in [3.8, 4) is 0 Å². The number of nitrogens with one attached hydrogen (secondary N) is 4. The summed E-state index contributed by atoms with van der Waals surface area (Å²) in [6.07, 6.45) is 3.32. The summed E-state index contributed by atoms with van der Waals surface area (Å²) in [4.78, 5) is 25.2. The molecule has 1 amide bonds. The van der Waals surface area contributed by atoms with Crippen LogP contribution in [0.5, 0.6) is 0 Å². The van der Waals surface area contributed by atoms with Crippen LogP contribution < -0.4 is 27.0 Å². The van der Waals surface area contributed by atoms with Crippen molar-refractivity contribution in [2.75, 3.05) is 36.8 Å². The Morgan fingerprint density at radius 3 is 2.83 bits per heavy atom. The second kappa shape index (κ2) is 10.8. The van der Waals surface area contributed by atoms with Crippen LogP contribution in [0.1, 0.15) is 47.9 Å². The first kappa shape index (κ1) is 21.9. The number of benzene rings is 1. The quantitative estimate of drug-likeness (QED) is 0.354. The van der Waals surface area contributed by atoms with Crippen LogP contribution in [-0.4, -0.2) is 47.0 Å². The first-order valence-electron chi connectivity index (χ1n) is 10.6. The summed E-state index contributed by atoms with van der Waals surface area (Å²) in [5, 5.41) is 13.3. The van der Waals surface area contributed by atoms with Crippen LogP contribution in [0, 0.1) is 12.8 Å². The molecule has 2 heterocycles. The monoisotopic (exact) mass is 412 g/mol. The molecule has 1 saturated heterocycles. The van der Waals surface area contributed by atoms with Crippen LogP contribution in [0.4, 0.5) is 17.6 Å². The van der Waals surface area contributed by atoms with E-state index >= 15 is 0 Å². The van der Waals surface area contributed by atoms with E-state index in [1.54, 1.807) is 12.1 Å². The molecule has 0 unspecified atom stereocenters. The van der Waals surface area contributed by atoms with Gasteiger partial charge in [0.1, 0.15) is 5.82 Å². The lowest BCUT2D eigenvalue weighted by Gasteiger charge is -2.13. The third kappa shape index (κ3) is 6.36. The summed E-state index contributed by atoms with van der Waals surface area (Å²) < 4.78 is 0. The van der Waals surface area contributed by atoms with E-state index in [1.165, 1.54) is 6.42 Å². The third-order valence-electron chi connectivity index (χ3n) is 5.14. The normalized spacial score (nSPS) is 15.9. The minimum Gasteiger partial charge on any atom is -0.366 e. The summed E-state index contributed by atoms with van der Waals surface area (Å²) in [5.41, 5.74) is 7.56. The van der Waals surface area contributed by atoms with Crippen LogP contribution in [0.2, 0.25) is 0 Å². The minimum absolute atomic E-state index is 0.436. The van der Waals surface area contributed by atoms with Gasteiger partial charge in [0.25, 0.3) is 0 Å². The molecule has 1 aromatic heterocycles. The number of aryl methyl sites for hydroxylation is 1. The van der Waals surface area contributed by atoms with Crippen molar-refractivity contribution in [2.45, 2.75) is 39.7 Å². The molecular formula is C21H32N8O. The molecule has 1 aromatic carbocycles. The number of aromatic nitrogens is 3. The maximum atomic E-state index is 11.5. The largest absolute Gasteiger partial charge is 0.366 e. The molecule has 0 bridgehead atoms. The molecule has 6 N–H and O–H groups in total. The molecule has 0 aliphatic carbocycles. The van der Waals surface area contributed by atoms with E-state index in [4.69, 9.17) is 5.73 Å². The van der Waals surface area contributed by atoms with Gasteiger partial charge in [-0.2, -0.15) is 15.0 Å². The second-order valence-electron chi connectivity index (χ2n) is 7.69. The molecule has 9 nitrogen and oxygen atoms in total. The summed E-state index contributed by atoms with van der Waals surface area (Å²) >= 11 is 0. The fourth-order valence-electron chi connectivity index (χ4n) is 3.32. The molecule has 3 rings (SSSR count). The van der Waals surface area contributed by atoms with Gasteiger partial charge < -0.3 is 27.0 Å². The molecule has 1 aliphatic rings. The van der Waals surface area contributed by atoms with Gasteiger partial charge in [0.15, 0.2) is 0 Å². The molecule has 2 aromatic rings. The highest BCUT2D eigenvalue weighted by Gasteiger charge is 2.14. The summed E-state index contributed by atoms with van der Waals surface area (Å²) in [6.45, 7) is 8.53. The fraction of sp³-hybridized carbons (Fsp3) is 0.524. The Bertz CT molecular complexity index is 851. The minimum atomic E-state index is -0.470. The molecule has 1 aliphatic heterocycles. The standard InChI is InChI=1S/C21H32N8O/c1-3-4-8-25-20-27-18(13-24-12-15-7-9-23-11-15)28-21(29-20)26-17-10-16(19(22)30)6-5-14(17)2/h5-6,10,15,23-24H,3-4,7-9,11-13H2,1-2H3,(H2,22,30)(H2,25,26,27,28,29)/t15-/m1/s1. The lowest BCUT2D eigenvalue weighted by Crippen LogP contribution is -2.25. The Hall–Kier alpha value is -2.78. The molecule has 9 heteroatoms. The number of hydrogen-bond acceptors (Lipinski definition) is 8. The third-order valence-corrected chi connectivity index (χ3v) is 5.14. The lowest BCUT2D eigenvalue weighted by atomic mass is 10.1. The number of rotatable bonds is 11. The van der Waals surface area contributed by atoms with E-state index in [2.05, 4.69) is 43.1 Å².